The Morgan fingerprint density at radius 3 is 3.06 bits per heavy atom. The molecule has 0 aromatic heterocycles. The zero-order chi connectivity index (χ0) is 13.0. The highest BCUT2D eigenvalue weighted by Gasteiger charge is 2.22. The molecular weight excluding hydrogens is 296 g/mol. The quantitative estimate of drug-likeness (QED) is 0.922. The average Bonchev–Trinajstić information content (AvgIpc) is 2.76. The highest BCUT2D eigenvalue weighted by Crippen LogP contribution is 2.18. The molecule has 1 saturated heterocycles. The summed E-state index contributed by atoms with van der Waals surface area (Å²) < 4.78 is 6.50. The lowest BCUT2D eigenvalue weighted by atomic mass is 10.3. The van der Waals surface area contributed by atoms with Gasteiger partial charge in [-0.1, -0.05) is 22.0 Å². The molecule has 18 heavy (non-hydrogen) atoms. The van der Waals surface area contributed by atoms with Crippen LogP contribution in [0.25, 0.3) is 0 Å². The van der Waals surface area contributed by atoms with Gasteiger partial charge in [0.25, 0.3) is 0 Å². The van der Waals surface area contributed by atoms with Crippen molar-refractivity contribution in [3.63, 3.8) is 0 Å². The van der Waals surface area contributed by atoms with Crippen molar-refractivity contribution >= 4 is 21.8 Å². The Kier molecular flexibility index (Phi) is 4.60. The van der Waals surface area contributed by atoms with Crippen LogP contribution in [0, 0.1) is 0 Å². The van der Waals surface area contributed by atoms with Crippen LogP contribution in [-0.2, 0) is 4.79 Å². The number of likely N-dealkylation sites (tertiary alicyclic amines) is 1. The topological polar surface area (TPSA) is 55.6 Å². The van der Waals surface area contributed by atoms with Crippen LogP contribution in [0.4, 0.5) is 0 Å². The summed E-state index contributed by atoms with van der Waals surface area (Å²) in [5, 5.41) is 0. The maximum Gasteiger partial charge on any atom is 0.226 e. The van der Waals surface area contributed by atoms with Crippen molar-refractivity contribution in [2.45, 2.75) is 18.9 Å². The van der Waals surface area contributed by atoms with E-state index < -0.39 is 0 Å². The van der Waals surface area contributed by atoms with Gasteiger partial charge in [-0.15, -0.1) is 0 Å². The van der Waals surface area contributed by atoms with E-state index in [2.05, 4.69) is 15.9 Å². The molecule has 0 unspecified atom stereocenters. The number of amides is 1. The third-order valence-corrected chi connectivity index (χ3v) is 3.45. The summed E-state index contributed by atoms with van der Waals surface area (Å²) in [6, 6.07) is 7.74. The number of benzene rings is 1. The van der Waals surface area contributed by atoms with Crippen molar-refractivity contribution in [2.24, 2.45) is 5.73 Å². The molecule has 1 aliphatic rings. The summed E-state index contributed by atoms with van der Waals surface area (Å²) in [5.41, 5.74) is 5.77. The van der Waals surface area contributed by atoms with Gasteiger partial charge in [-0.2, -0.15) is 0 Å². The third-order valence-electron chi connectivity index (χ3n) is 2.96. The summed E-state index contributed by atoms with van der Waals surface area (Å²) in [7, 11) is 0. The van der Waals surface area contributed by atoms with Crippen LogP contribution >= 0.6 is 15.9 Å². The number of carbonyl (C=O) groups is 1. The van der Waals surface area contributed by atoms with Gasteiger partial charge in [-0.05, 0) is 24.6 Å². The van der Waals surface area contributed by atoms with Crippen LogP contribution in [0.5, 0.6) is 5.75 Å². The predicted octanol–water partition coefficient (Wildman–Crippen LogP) is 1.78. The monoisotopic (exact) mass is 312 g/mol. The molecule has 0 radical (unpaired) electrons. The van der Waals surface area contributed by atoms with Gasteiger partial charge in [0.2, 0.25) is 5.91 Å². The van der Waals surface area contributed by atoms with E-state index in [-0.39, 0.29) is 11.9 Å². The van der Waals surface area contributed by atoms with Gasteiger partial charge in [0, 0.05) is 23.6 Å². The van der Waals surface area contributed by atoms with Gasteiger partial charge in [0.05, 0.1) is 13.0 Å². The molecule has 0 aliphatic carbocycles. The molecule has 1 atom stereocenters. The van der Waals surface area contributed by atoms with Gasteiger partial charge in [0.1, 0.15) is 5.75 Å². The van der Waals surface area contributed by atoms with Crippen molar-refractivity contribution in [1.29, 1.82) is 0 Å². The Morgan fingerprint density at radius 2 is 2.39 bits per heavy atom. The second-order valence-electron chi connectivity index (χ2n) is 4.44. The lowest BCUT2D eigenvalue weighted by molar-refractivity contribution is -0.130. The zero-order valence-corrected chi connectivity index (χ0v) is 11.7. The zero-order valence-electron chi connectivity index (χ0n) is 10.1. The number of hydrogen-bond acceptors (Lipinski definition) is 3. The van der Waals surface area contributed by atoms with Gasteiger partial charge < -0.3 is 15.4 Å². The van der Waals surface area contributed by atoms with Crippen molar-refractivity contribution in [1.82, 2.24) is 4.90 Å². The minimum atomic E-state index is 0.123. The van der Waals surface area contributed by atoms with Crippen LogP contribution in [0.2, 0.25) is 0 Å². The van der Waals surface area contributed by atoms with Crippen LogP contribution < -0.4 is 10.5 Å². The van der Waals surface area contributed by atoms with Crippen molar-refractivity contribution in [3.8, 4) is 5.75 Å². The molecule has 98 valence electrons. The van der Waals surface area contributed by atoms with E-state index >= 15 is 0 Å². The Labute approximate surface area is 115 Å². The van der Waals surface area contributed by atoms with E-state index in [4.69, 9.17) is 10.5 Å². The first kappa shape index (κ1) is 13.4. The van der Waals surface area contributed by atoms with E-state index in [0.717, 1.165) is 23.2 Å². The molecule has 1 fully saturated rings. The molecule has 2 N–H and O–H groups in total. The second kappa shape index (κ2) is 6.20. The Bertz CT molecular complexity index is 425. The number of carbonyl (C=O) groups excluding carboxylic acids is 1. The first-order chi connectivity index (χ1) is 8.65. The molecule has 0 saturated carbocycles. The molecule has 1 heterocycles. The molecule has 1 aliphatic heterocycles. The molecule has 1 aromatic rings. The molecule has 4 nitrogen and oxygen atoms in total. The second-order valence-corrected chi connectivity index (χ2v) is 5.36. The minimum absolute atomic E-state index is 0.123. The van der Waals surface area contributed by atoms with Gasteiger partial charge in [-0.25, -0.2) is 0 Å². The summed E-state index contributed by atoms with van der Waals surface area (Å²) in [5.74, 6) is 0.897. The van der Waals surface area contributed by atoms with Gasteiger partial charge in [-0.3, -0.25) is 4.79 Å². The smallest absolute Gasteiger partial charge is 0.226 e. The molecule has 1 amide bonds. The summed E-state index contributed by atoms with van der Waals surface area (Å²) in [6.45, 7) is 1.85. The van der Waals surface area contributed by atoms with Crippen LogP contribution in [0.1, 0.15) is 12.8 Å². The number of nitrogens with two attached hydrogens (primary N) is 1. The lowest BCUT2D eigenvalue weighted by Gasteiger charge is -2.15. The number of halogens is 1. The van der Waals surface area contributed by atoms with Crippen molar-refractivity contribution < 1.29 is 9.53 Å². The Hall–Kier alpha value is -1.07. The fourth-order valence-electron chi connectivity index (χ4n) is 1.98. The summed E-state index contributed by atoms with van der Waals surface area (Å²) in [4.78, 5) is 13.6. The van der Waals surface area contributed by atoms with E-state index in [0.29, 0.717) is 19.6 Å². The largest absolute Gasteiger partial charge is 0.493 e. The van der Waals surface area contributed by atoms with Gasteiger partial charge in [0.15, 0.2) is 0 Å². The number of rotatable bonds is 4. The van der Waals surface area contributed by atoms with Crippen molar-refractivity contribution in [2.75, 3.05) is 19.7 Å². The predicted molar refractivity (Wildman–Crippen MR) is 73.4 cm³/mol. The third kappa shape index (κ3) is 3.71. The number of ether oxygens (including phenoxy) is 1. The van der Waals surface area contributed by atoms with E-state index in [1.54, 1.807) is 0 Å². The highest BCUT2D eigenvalue weighted by molar-refractivity contribution is 9.10. The maximum absolute atomic E-state index is 11.8. The first-order valence-electron chi connectivity index (χ1n) is 6.07. The van der Waals surface area contributed by atoms with E-state index in [1.807, 2.05) is 29.2 Å². The lowest BCUT2D eigenvalue weighted by Crippen LogP contribution is -2.32. The molecule has 2 rings (SSSR count). The molecule has 0 spiro atoms. The SMILES string of the molecule is N[C@@H]1CCN(C(=O)CCOc2cccc(Br)c2)C1. The van der Waals surface area contributed by atoms with Crippen LogP contribution in [-0.4, -0.2) is 36.5 Å². The fraction of sp³-hybridized carbons (Fsp3) is 0.462. The maximum atomic E-state index is 11.8. The van der Waals surface area contributed by atoms with Crippen molar-refractivity contribution in [3.05, 3.63) is 28.7 Å². The minimum Gasteiger partial charge on any atom is -0.493 e. The van der Waals surface area contributed by atoms with E-state index in [9.17, 15) is 4.79 Å². The van der Waals surface area contributed by atoms with Crippen LogP contribution in [0.15, 0.2) is 28.7 Å². The molecule has 1 aromatic carbocycles. The summed E-state index contributed by atoms with van der Waals surface area (Å²) >= 11 is 3.37. The molecule has 5 heteroatoms. The Balaban J connectivity index is 1.73. The van der Waals surface area contributed by atoms with E-state index in [1.165, 1.54) is 0 Å². The summed E-state index contributed by atoms with van der Waals surface area (Å²) in [6.07, 6.45) is 1.30. The molecule has 0 bridgehead atoms. The van der Waals surface area contributed by atoms with Gasteiger partial charge >= 0.3 is 0 Å². The normalized spacial score (nSPS) is 19.0. The number of nitrogens with zero attached hydrogens (tertiary/aromatic N) is 1. The Morgan fingerprint density at radius 1 is 1.56 bits per heavy atom. The first-order valence-corrected chi connectivity index (χ1v) is 6.86. The highest BCUT2D eigenvalue weighted by atomic mass is 79.9. The molecular formula is C13H17BrN2O2. The number of hydrogen-bond donors (Lipinski definition) is 1. The average molecular weight is 313 g/mol. The standard InChI is InChI=1S/C13H17BrN2O2/c14-10-2-1-3-12(8-10)18-7-5-13(17)16-6-4-11(15)9-16/h1-3,8,11H,4-7,9,15H2/t11-/m1/s1. The fourth-order valence-corrected chi connectivity index (χ4v) is 2.36. The van der Waals surface area contributed by atoms with Crippen LogP contribution in [0.3, 0.4) is 0 Å².